The van der Waals surface area contributed by atoms with E-state index in [-0.39, 0.29) is 11.7 Å². The SMILES string of the molecule is CN=C(NCCCOCCOC)NC1CCN(c2c(F)cccc2F)C1. The van der Waals surface area contributed by atoms with Crippen molar-refractivity contribution in [3.63, 3.8) is 0 Å². The van der Waals surface area contributed by atoms with E-state index in [0.29, 0.717) is 38.9 Å². The molecule has 6 nitrogen and oxygen atoms in total. The molecule has 1 aliphatic heterocycles. The average Bonchev–Trinajstić information content (AvgIpc) is 3.08. The number of nitrogens with zero attached hydrogens (tertiary/aromatic N) is 2. The lowest BCUT2D eigenvalue weighted by molar-refractivity contribution is 0.0698. The number of methoxy groups -OCH3 is 1. The minimum atomic E-state index is -0.526. The van der Waals surface area contributed by atoms with E-state index in [1.54, 1.807) is 19.1 Å². The van der Waals surface area contributed by atoms with Gasteiger partial charge in [0.15, 0.2) is 5.96 Å². The number of ether oxygens (including phenoxy) is 2. The predicted molar refractivity (Wildman–Crippen MR) is 98.8 cm³/mol. The number of halogens is 2. The van der Waals surface area contributed by atoms with E-state index < -0.39 is 11.6 Å². The maximum atomic E-state index is 13.9. The van der Waals surface area contributed by atoms with E-state index in [2.05, 4.69) is 15.6 Å². The van der Waals surface area contributed by atoms with Gasteiger partial charge in [0.2, 0.25) is 0 Å². The Morgan fingerprint density at radius 3 is 2.73 bits per heavy atom. The van der Waals surface area contributed by atoms with Crippen molar-refractivity contribution in [3.05, 3.63) is 29.8 Å². The van der Waals surface area contributed by atoms with Crippen LogP contribution in [0.25, 0.3) is 0 Å². The van der Waals surface area contributed by atoms with Crippen molar-refractivity contribution < 1.29 is 18.3 Å². The fraction of sp³-hybridized carbons (Fsp3) is 0.611. The Morgan fingerprint density at radius 1 is 1.27 bits per heavy atom. The molecule has 0 radical (unpaired) electrons. The molecule has 0 bridgehead atoms. The summed E-state index contributed by atoms with van der Waals surface area (Å²) in [5.41, 5.74) is 0.0490. The number of guanidine groups is 1. The normalized spacial score (nSPS) is 17.6. The number of rotatable bonds is 9. The zero-order valence-electron chi connectivity index (χ0n) is 15.4. The van der Waals surface area contributed by atoms with Gasteiger partial charge in [-0.05, 0) is 25.0 Å². The lowest BCUT2D eigenvalue weighted by Crippen LogP contribution is -2.45. The largest absolute Gasteiger partial charge is 0.382 e. The molecule has 1 aromatic rings. The summed E-state index contributed by atoms with van der Waals surface area (Å²) in [5, 5.41) is 6.53. The van der Waals surface area contributed by atoms with Crippen LogP contribution in [-0.2, 0) is 9.47 Å². The molecule has 26 heavy (non-hydrogen) atoms. The molecule has 2 N–H and O–H groups in total. The molecule has 0 saturated carbocycles. The summed E-state index contributed by atoms with van der Waals surface area (Å²) in [6.45, 7) is 3.69. The van der Waals surface area contributed by atoms with Gasteiger partial charge in [0.1, 0.15) is 17.3 Å². The summed E-state index contributed by atoms with van der Waals surface area (Å²) in [4.78, 5) is 5.93. The van der Waals surface area contributed by atoms with Crippen molar-refractivity contribution in [2.24, 2.45) is 4.99 Å². The molecule has 0 amide bonds. The van der Waals surface area contributed by atoms with Gasteiger partial charge < -0.3 is 25.0 Å². The molecule has 146 valence electrons. The van der Waals surface area contributed by atoms with Crippen LogP contribution >= 0.6 is 0 Å². The molecule has 0 aliphatic carbocycles. The van der Waals surface area contributed by atoms with Crippen molar-refractivity contribution in [1.82, 2.24) is 10.6 Å². The van der Waals surface area contributed by atoms with Crippen LogP contribution in [0.4, 0.5) is 14.5 Å². The Kier molecular flexibility index (Phi) is 8.57. The Morgan fingerprint density at radius 2 is 2.04 bits per heavy atom. The fourth-order valence-corrected chi connectivity index (χ4v) is 2.89. The van der Waals surface area contributed by atoms with Crippen LogP contribution in [0.3, 0.4) is 0 Å². The Labute approximate surface area is 153 Å². The van der Waals surface area contributed by atoms with Gasteiger partial charge in [-0.25, -0.2) is 8.78 Å². The van der Waals surface area contributed by atoms with Gasteiger partial charge in [-0.1, -0.05) is 6.07 Å². The second-order valence-electron chi connectivity index (χ2n) is 6.10. The molecule has 8 heteroatoms. The summed E-state index contributed by atoms with van der Waals surface area (Å²) >= 11 is 0. The van der Waals surface area contributed by atoms with Crippen molar-refractivity contribution in [1.29, 1.82) is 0 Å². The third kappa shape index (κ3) is 6.10. The minimum absolute atomic E-state index is 0.0490. The third-order valence-corrected chi connectivity index (χ3v) is 4.20. The molecule has 1 fully saturated rings. The number of hydrogen-bond donors (Lipinski definition) is 2. The highest BCUT2D eigenvalue weighted by Gasteiger charge is 2.27. The molecule has 1 heterocycles. The fourth-order valence-electron chi connectivity index (χ4n) is 2.89. The molecule has 1 aromatic carbocycles. The molecule has 2 rings (SSSR count). The van der Waals surface area contributed by atoms with E-state index in [1.807, 2.05) is 0 Å². The molecule has 1 unspecified atom stereocenters. The van der Waals surface area contributed by atoms with Gasteiger partial charge in [-0.2, -0.15) is 0 Å². The molecule has 1 saturated heterocycles. The number of benzene rings is 1. The van der Waals surface area contributed by atoms with Gasteiger partial charge in [0.05, 0.1) is 13.2 Å². The van der Waals surface area contributed by atoms with Crippen LogP contribution in [-0.4, -0.2) is 65.6 Å². The van der Waals surface area contributed by atoms with Crippen molar-refractivity contribution in [2.45, 2.75) is 18.9 Å². The second-order valence-corrected chi connectivity index (χ2v) is 6.10. The Hall–Kier alpha value is -1.93. The van der Waals surface area contributed by atoms with E-state index in [1.165, 1.54) is 18.2 Å². The third-order valence-electron chi connectivity index (χ3n) is 4.20. The predicted octanol–water partition coefficient (Wildman–Crippen LogP) is 1.76. The number of nitrogens with one attached hydrogen (secondary N) is 2. The summed E-state index contributed by atoms with van der Waals surface area (Å²) in [6.07, 6.45) is 1.64. The second kappa shape index (κ2) is 10.9. The number of hydrogen-bond acceptors (Lipinski definition) is 4. The highest BCUT2D eigenvalue weighted by molar-refractivity contribution is 5.80. The summed E-state index contributed by atoms with van der Waals surface area (Å²) in [5.74, 6) is -0.369. The van der Waals surface area contributed by atoms with Crippen molar-refractivity contribution in [3.8, 4) is 0 Å². The van der Waals surface area contributed by atoms with E-state index in [4.69, 9.17) is 9.47 Å². The highest BCUT2D eigenvalue weighted by Crippen LogP contribution is 2.26. The van der Waals surface area contributed by atoms with Crippen molar-refractivity contribution >= 4 is 11.6 Å². The quantitative estimate of drug-likeness (QED) is 0.394. The number of para-hydroxylation sites is 1. The van der Waals surface area contributed by atoms with E-state index in [0.717, 1.165) is 19.4 Å². The first-order valence-corrected chi connectivity index (χ1v) is 8.88. The lowest BCUT2D eigenvalue weighted by Gasteiger charge is -2.21. The van der Waals surface area contributed by atoms with Gasteiger partial charge >= 0.3 is 0 Å². The summed E-state index contributed by atoms with van der Waals surface area (Å²) in [7, 11) is 3.35. The molecular weight excluding hydrogens is 342 g/mol. The molecule has 1 aliphatic rings. The zero-order chi connectivity index (χ0) is 18.8. The Bertz CT molecular complexity index is 566. The molecule has 0 spiro atoms. The summed E-state index contributed by atoms with van der Waals surface area (Å²) < 4.78 is 38.2. The topological polar surface area (TPSA) is 58.1 Å². The highest BCUT2D eigenvalue weighted by atomic mass is 19.1. The van der Waals surface area contributed by atoms with E-state index >= 15 is 0 Å². The maximum absolute atomic E-state index is 13.9. The van der Waals surface area contributed by atoms with Gasteiger partial charge in [0, 0.05) is 46.4 Å². The van der Waals surface area contributed by atoms with Crippen LogP contribution in [0, 0.1) is 11.6 Å². The van der Waals surface area contributed by atoms with Crippen LogP contribution < -0.4 is 15.5 Å². The molecule has 0 aromatic heterocycles. The zero-order valence-corrected chi connectivity index (χ0v) is 15.4. The summed E-state index contributed by atoms with van der Waals surface area (Å²) in [6, 6.07) is 4.03. The minimum Gasteiger partial charge on any atom is -0.382 e. The van der Waals surface area contributed by atoms with Crippen LogP contribution in [0.15, 0.2) is 23.2 Å². The number of aliphatic imine (C=N–C) groups is 1. The first-order chi connectivity index (χ1) is 12.7. The monoisotopic (exact) mass is 370 g/mol. The maximum Gasteiger partial charge on any atom is 0.191 e. The van der Waals surface area contributed by atoms with Crippen LogP contribution in [0.5, 0.6) is 0 Å². The first-order valence-electron chi connectivity index (χ1n) is 8.88. The van der Waals surface area contributed by atoms with Gasteiger partial charge in [-0.15, -0.1) is 0 Å². The first kappa shape index (κ1) is 20.4. The standard InChI is InChI=1S/C18H28F2N4O2/c1-21-18(22-8-4-10-26-12-11-25-2)23-14-7-9-24(13-14)17-15(19)5-3-6-16(17)20/h3,5-6,14H,4,7-13H2,1-2H3,(H2,21,22,23). The van der Waals surface area contributed by atoms with Crippen LogP contribution in [0.1, 0.15) is 12.8 Å². The van der Waals surface area contributed by atoms with Gasteiger partial charge in [0.25, 0.3) is 0 Å². The van der Waals surface area contributed by atoms with Crippen molar-refractivity contribution in [2.75, 3.05) is 58.5 Å². The lowest BCUT2D eigenvalue weighted by atomic mass is 10.2. The van der Waals surface area contributed by atoms with E-state index in [9.17, 15) is 8.78 Å². The van der Waals surface area contributed by atoms with Gasteiger partial charge in [-0.3, -0.25) is 4.99 Å². The average molecular weight is 370 g/mol. The molecular formula is C18H28F2N4O2. The Balaban J connectivity index is 1.73. The number of anilines is 1. The molecule has 1 atom stereocenters. The van der Waals surface area contributed by atoms with Crippen LogP contribution in [0.2, 0.25) is 0 Å². The smallest absolute Gasteiger partial charge is 0.191 e.